The van der Waals surface area contributed by atoms with Gasteiger partial charge in [0.2, 0.25) is 0 Å². The van der Waals surface area contributed by atoms with Crippen molar-refractivity contribution in [1.82, 2.24) is 0 Å². The van der Waals surface area contributed by atoms with E-state index in [1.54, 1.807) is 42.5 Å². The van der Waals surface area contributed by atoms with Crippen LogP contribution in [0.2, 0.25) is 0 Å². The Labute approximate surface area is 273 Å². The molecule has 14 nitrogen and oxygen atoms in total. The Morgan fingerprint density at radius 2 is 1.07 bits per heavy atom. The van der Waals surface area contributed by atoms with Crippen LogP contribution in [-0.4, -0.2) is 13.0 Å². The SMILES string of the molecule is Nc1ccc(N=Nc2ccc(N=Nc3c(S(=O)(=O)O)cc4ccc(N=Nc5ccc(N)cc5N)cc4c3[O-])cc2)c(N)c1.[Na+]. The summed E-state index contributed by atoms with van der Waals surface area (Å²) < 4.78 is 34.1. The van der Waals surface area contributed by atoms with Crippen molar-refractivity contribution < 1.29 is 47.6 Å². The number of hydrogen-bond donors (Lipinski definition) is 5. The van der Waals surface area contributed by atoms with Crippen LogP contribution in [0.15, 0.2) is 121 Å². The third-order valence-corrected chi connectivity index (χ3v) is 6.93. The van der Waals surface area contributed by atoms with Crippen molar-refractivity contribution in [2.45, 2.75) is 4.90 Å². The minimum Gasteiger partial charge on any atom is -0.871 e. The van der Waals surface area contributed by atoms with Crippen LogP contribution < -0.4 is 57.6 Å². The molecule has 16 heteroatoms. The van der Waals surface area contributed by atoms with Gasteiger partial charge in [-0.1, -0.05) is 11.8 Å². The molecule has 0 heterocycles. The van der Waals surface area contributed by atoms with Gasteiger partial charge in [0.05, 0.1) is 34.1 Å². The van der Waals surface area contributed by atoms with Gasteiger partial charge in [0.25, 0.3) is 10.1 Å². The number of nitrogen functional groups attached to an aromatic ring is 4. The monoisotopic (exact) mass is 618 g/mol. The number of nitrogens with two attached hydrogens (primary N) is 4. The minimum absolute atomic E-state index is 0. The van der Waals surface area contributed by atoms with Crippen LogP contribution in [0.1, 0.15) is 0 Å². The first-order valence-corrected chi connectivity index (χ1v) is 13.8. The third-order valence-electron chi connectivity index (χ3n) is 6.06. The van der Waals surface area contributed by atoms with Gasteiger partial charge in [-0.15, -0.1) is 15.3 Å². The summed E-state index contributed by atoms with van der Waals surface area (Å²) in [5.74, 6) is -0.788. The number of hydrogen-bond acceptors (Lipinski definition) is 13. The molecule has 5 aromatic carbocycles. The maximum Gasteiger partial charge on any atom is 1.00 e. The van der Waals surface area contributed by atoms with E-state index in [0.717, 1.165) is 6.07 Å². The van der Waals surface area contributed by atoms with Gasteiger partial charge in [-0.25, -0.2) is 0 Å². The summed E-state index contributed by atoms with van der Waals surface area (Å²) in [6.45, 7) is 0. The zero-order valence-electron chi connectivity index (χ0n) is 23.2. The molecule has 0 atom stereocenters. The predicted octanol–water partition coefficient (Wildman–Crippen LogP) is 3.74. The molecule has 0 aliphatic rings. The molecule has 0 spiro atoms. The minimum atomic E-state index is -4.83. The van der Waals surface area contributed by atoms with E-state index in [9.17, 15) is 18.1 Å². The first-order chi connectivity index (χ1) is 20.5. The zero-order chi connectivity index (χ0) is 30.7. The van der Waals surface area contributed by atoms with Crippen molar-refractivity contribution in [3.05, 3.63) is 84.9 Å². The normalized spacial score (nSPS) is 11.9. The molecular formula is C28H23N10NaO4S. The van der Waals surface area contributed by atoms with Crippen LogP contribution in [0.4, 0.5) is 56.9 Å². The Morgan fingerprint density at radius 3 is 1.57 bits per heavy atom. The van der Waals surface area contributed by atoms with E-state index in [1.807, 2.05) is 0 Å². The standard InChI is InChI=1S/C28H24N10O4S.Na/c29-16-2-9-24(22(31)12-16)36-33-18-5-7-19(8-6-18)34-38-27-26(43(40,41)42)11-15-1-4-20(14-21(15)28(27)39)35-37-25-10-3-17(30)13-23(25)32;/h1-14,39H,29-32H2,(H,40,41,42);/q;+1/p-1. The molecule has 0 radical (unpaired) electrons. The van der Waals surface area contributed by atoms with Crippen LogP contribution in [0, 0.1) is 0 Å². The smallest absolute Gasteiger partial charge is 0.871 e. The quantitative estimate of drug-likeness (QED) is 0.0775. The molecule has 0 amide bonds. The molecule has 0 aliphatic carbocycles. The Bertz CT molecular complexity index is 2070. The van der Waals surface area contributed by atoms with E-state index in [2.05, 4.69) is 30.7 Å². The second-order valence-corrected chi connectivity index (χ2v) is 10.6. The summed E-state index contributed by atoms with van der Waals surface area (Å²) in [6.07, 6.45) is 0. The Morgan fingerprint density at radius 1 is 0.591 bits per heavy atom. The summed E-state index contributed by atoms with van der Waals surface area (Å²) in [5, 5.41) is 38.0. The largest absolute Gasteiger partial charge is 1.00 e. The van der Waals surface area contributed by atoms with Crippen molar-refractivity contribution in [3.8, 4) is 5.75 Å². The Hall–Kier alpha value is -4.93. The van der Waals surface area contributed by atoms with Crippen LogP contribution in [-0.2, 0) is 10.1 Å². The predicted molar refractivity (Wildman–Crippen MR) is 163 cm³/mol. The van der Waals surface area contributed by atoms with Gasteiger partial charge < -0.3 is 28.0 Å². The fourth-order valence-electron chi connectivity index (χ4n) is 3.91. The van der Waals surface area contributed by atoms with Crippen molar-refractivity contribution in [2.24, 2.45) is 30.7 Å². The first kappa shape index (κ1) is 32.0. The number of fused-ring (bicyclic) bond motifs is 1. The molecular weight excluding hydrogens is 595 g/mol. The van der Waals surface area contributed by atoms with E-state index in [-0.39, 0.29) is 51.7 Å². The topological polar surface area (TPSA) is 256 Å². The number of anilines is 4. The maximum absolute atomic E-state index is 13.4. The second kappa shape index (κ2) is 13.2. The first-order valence-electron chi connectivity index (χ1n) is 12.4. The Kier molecular flexibility index (Phi) is 9.56. The van der Waals surface area contributed by atoms with Crippen molar-refractivity contribution in [3.63, 3.8) is 0 Å². The van der Waals surface area contributed by atoms with Crippen LogP contribution in [0.5, 0.6) is 5.75 Å². The number of azo groups is 3. The molecule has 0 saturated heterocycles. The van der Waals surface area contributed by atoms with E-state index in [0.29, 0.717) is 39.8 Å². The molecule has 0 bridgehead atoms. The van der Waals surface area contributed by atoms with E-state index >= 15 is 0 Å². The molecule has 0 aromatic heterocycles. The fourth-order valence-corrected chi connectivity index (χ4v) is 4.57. The zero-order valence-corrected chi connectivity index (χ0v) is 26.0. The fraction of sp³-hybridized carbons (Fsp3) is 0. The summed E-state index contributed by atoms with van der Waals surface area (Å²) in [7, 11) is -4.83. The number of nitrogens with zero attached hydrogens (tertiary/aromatic N) is 6. The van der Waals surface area contributed by atoms with Gasteiger partial charge in [0.15, 0.2) is 0 Å². The maximum atomic E-state index is 13.4. The summed E-state index contributed by atoms with van der Waals surface area (Å²) in [6, 6.07) is 21.4. The van der Waals surface area contributed by atoms with Gasteiger partial charge in [0, 0.05) is 11.4 Å². The average Bonchev–Trinajstić information content (AvgIpc) is 2.96. The molecule has 5 aromatic rings. The van der Waals surface area contributed by atoms with Crippen LogP contribution in [0.3, 0.4) is 0 Å². The molecule has 44 heavy (non-hydrogen) atoms. The number of benzene rings is 5. The molecule has 0 saturated carbocycles. The van der Waals surface area contributed by atoms with E-state index < -0.39 is 26.5 Å². The van der Waals surface area contributed by atoms with E-state index in [1.165, 1.54) is 36.4 Å². The van der Waals surface area contributed by atoms with Crippen LogP contribution >= 0.6 is 0 Å². The molecule has 5 rings (SSSR count). The van der Waals surface area contributed by atoms with Gasteiger partial charge in [-0.05, 0) is 89.6 Å². The summed E-state index contributed by atoms with van der Waals surface area (Å²) >= 11 is 0. The molecule has 0 aliphatic heterocycles. The molecule has 0 fully saturated rings. The van der Waals surface area contributed by atoms with E-state index in [4.69, 9.17) is 22.9 Å². The summed E-state index contributed by atoms with van der Waals surface area (Å²) in [5.41, 5.74) is 26.1. The molecule has 216 valence electrons. The summed E-state index contributed by atoms with van der Waals surface area (Å²) in [4.78, 5) is -0.690. The van der Waals surface area contributed by atoms with Gasteiger partial charge in [-0.3, -0.25) is 4.55 Å². The number of rotatable bonds is 7. The van der Waals surface area contributed by atoms with Crippen LogP contribution in [0.25, 0.3) is 10.8 Å². The molecule has 9 N–H and O–H groups in total. The Balaban J connectivity index is 0.00000442. The molecule has 0 unspecified atom stereocenters. The second-order valence-electron chi connectivity index (χ2n) is 9.19. The van der Waals surface area contributed by atoms with Gasteiger partial charge in [0.1, 0.15) is 16.3 Å². The van der Waals surface area contributed by atoms with Gasteiger partial charge in [-0.2, -0.15) is 23.8 Å². The van der Waals surface area contributed by atoms with Crippen molar-refractivity contribution in [1.29, 1.82) is 0 Å². The van der Waals surface area contributed by atoms with Gasteiger partial charge >= 0.3 is 29.6 Å². The average molecular weight is 619 g/mol. The van der Waals surface area contributed by atoms with Crippen molar-refractivity contribution in [2.75, 3.05) is 22.9 Å². The third kappa shape index (κ3) is 7.34. The van der Waals surface area contributed by atoms with Crippen molar-refractivity contribution >= 4 is 77.8 Å².